The van der Waals surface area contributed by atoms with Crippen molar-refractivity contribution >= 4 is 11.8 Å². The van der Waals surface area contributed by atoms with Crippen LogP contribution in [0.25, 0.3) is 0 Å². The maximum atomic E-state index is 2.46. The molecule has 0 nitrogen and oxygen atoms in total. The Hall–Kier alpha value is 0.0900. The van der Waals surface area contributed by atoms with E-state index in [0.717, 1.165) is 0 Å². The molecule has 112 valence electrons. The lowest BCUT2D eigenvalue weighted by Crippen LogP contribution is -1.83. The van der Waals surface area contributed by atoms with Crippen molar-refractivity contribution in [3.8, 4) is 0 Å². The number of hydrogen-bond acceptors (Lipinski definition) is 1. The van der Waals surface area contributed by atoms with Crippen molar-refractivity contribution in [3.63, 3.8) is 0 Å². The van der Waals surface area contributed by atoms with E-state index in [0.29, 0.717) is 0 Å². The van der Waals surface area contributed by atoms with Gasteiger partial charge >= 0.3 is 0 Å². The van der Waals surface area contributed by atoms with E-state index in [9.17, 15) is 0 Å². The van der Waals surface area contributed by atoms with Gasteiger partial charge in [-0.1, -0.05) is 70.3 Å². The molecule has 1 rings (SSSR count). The Morgan fingerprint density at radius 1 is 0.789 bits per heavy atom. The maximum absolute atomic E-state index is 2.46. The zero-order valence-corrected chi connectivity index (χ0v) is 13.9. The van der Waals surface area contributed by atoms with Gasteiger partial charge in [-0.15, -0.1) is 11.8 Å². The van der Waals surface area contributed by atoms with Crippen LogP contribution in [0.15, 0.2) is 11.0 Å². The van der Waals surface area contributed by atoms with Crippen LogP contribution in [-0.4, -0.2) is 5.75 Å². The van der Waals surface area contributed by atoms with Crippen LogP contribution in [0, 0.1) is 0 Å². The van der Waals surface area contributed by atoms with E-state index in [2.05, 4.69) is 24.1 Å². The van der Waals surface area contributed by atoms with Gasteiger partial charge in [-0.3, -0.25) is 0 Å². The van der Waals surface area contributed by atoms with Crippen molar-refractivity contribution < 1.29 is 0 Å². The average molecular weight is 283 g/mol. The predicted octanol–water partition coefficient (Wildman–Crippen LogP) is 7.10. The van der Waals surface area contributed by atoms with Crippen molar-refractivity contribution in [1.29, 1.82) is 0 Å². The van der Waals surface area contributed by atoms with Gasteiger partial charge in [0.25, 0.3) is 0 Å². The van der Waals surface area contributed by atoms with E-state index in [1.165, 1.54) is 95.6 Å². The van der Waals surface area contributed by atoms with E-state index in [1.807, 2.05) is 0 Å². The van der Waals surface area contributed by atoms with E-state index in [-0.39, 0.29) is 0 Å². The topological polar surface area (TPSA) is 0 Å². The molecule has 1 saturated carbocycles. The van der Waals surface area contributed by atoms with Gasteiger partial charge in [0, 0.05) is 0 Å². The monoisotopic (exact) mass is 282 g/mol. The smallest absolute Gasteiger partial charge is 0.00260 e. The molecule has 0 N–H and O–H groups in total. The first-order chi connectivity index (χ1) is 9.43. The summed E-state index contributed by atoms with van der Waals surface area (Å²) in [5, 5.41) is 2.46. The molecule has 0 radical (unpaired) electrons. The molecule has 0 aromatic carbocycles. The lowest BCUT2D eigenvalue weighted by atomic mass is 10.1. The first-order valence-electron chi connectivity index (χ1n) is 8.73. The van der Waals surface area contributed by atoms with Crippen LogP contribution < -0.4 is 0 Å². The van der Waals surface area contributed by atoms with E-state index in [4.69, 9.17) is 0 Å². The van der Waals surface area contributed by atoms with Crippen LogP contribution >= 0.6 is 11.8 Å². The molecule has 1 fully saturated rings. The molecule has 0 aromatic rings. The summed E-state index contributed by atoms with van der Waals surface area (Å²) in [6, 6.07) is 0. The molecule has 1 aliphatic rings. The molecular formula is C18H34S. The second kappa shape index (κ2) is 13.1. The number of allylic oxidation sites excluding steroid dienone is 1. The first-order valence-corrected chi connectivity index (χ1v) is 9.78. The highest BCUT2D eigenvalue weighted by Crippen LogP contribution is 2.26. The molecule has 0 aromatic heterocycles. The van der Waals surface area contributed by atoms with Gasteiger partial charge in [-0.2, -0.15) is 0 Å². The summed E-state index contributed by atoms with van der Waals surface area (Å²) in [5.74, 6) is 1.35. The van der Waals surface area contributed by atoms with E-state index >= 15 is 0 Å². The molecule has 0 bridgehead atoms. The third-order valence-electron chi connectivity index (χ3n) is 4.11. The van der Waals surface area contributed by atoms with Crippen molar-refractivity contribution in [2.24, 2.45) is 0 Å². The lowest BCUT2D eigenvalue weighted by molar-refractivity contribution is 0.563. The summed E-state index contributed by atoms with van der Waals surface area (Å²) in [5.41, 5.74) is 1.72. The van der Waals surface area contributed by atoms with Crippen molar-refractivity contribution in [1.82, 2.24) is 0 Å². The van der Waals surface area contributed by atoms with Crippen LogP contribution in [0.1, 0.15) is 96.8 Å². The highest BCUT2D eigenvalue weighted by atomic mass is 32.2. The minimum Gasteiger partial charge on any atom is -0.134 e. The fourth-order valence-corrected chi connectivity index (χ4v) is 3.76. The minimum atomic E-state index is 1.35. The quantitative estimate of drug-likeness (QED) is 0.344. The van der Waals surface area contributed by atoms with Crippen molar-refractivity contribution in [3.05, 3.63) is 11.0 Å². The predicted molar refractivity (Wildman–Crippen MR) is 90.9 cm³/mol. The second-order valence-electron chi connectivity index (χ2n) is 6.04. The summed E-state index contributed by atoms with van der Waals surface area (Å²) in [4.78, 5) is 0. The molecule has 19 heavy (non-hydrogen) atoms. The fourth-order valence-electron chi connectivity index (χ4n) is 2.80. The number of unbranched alkanes of at least 4 members (excludes halogenated alkanes) is 9. The third-order valence-corrected chi connectivity index (χ3v) is 5.14. The molecule has 0 atom stereocenters. The van der Waals surface area contributed by atoms with E-state index in [1.54, 1.807) is 5.57 Å². The summed E-state index contributed by atoms with van der Waals surface area (Å²) >= 11 is 2.07. The highest BCUT2D eigenvalue weighted by molar-refractivity contribution is 8.02. The van der Waals surface area contributed by atoms with Crippen LogP contribution in [0.4, 0.5) is 0 Å². The Balaban J connectivity index is 1.72. The summed E-state index contributed by atoms with van der Waals surface area (Å²) in [6.45, 7) is 2.29. The van der Waals surface area contributed by atoms with Gasteiger partial charge < -0.3 is 0 Å². The molecule has 0 aliphatic heterocycles. The molecule has 0 unspecified atom stereocenters. The molecule has 0 heterocycles. The van der Waals surface area contributed by atoms with E-state index < -0.39 is 0 Å². The Bertz CT molecular complexity index is 212. The third kappa shape index (κ3) is 10.5. The normalized spacial score (nSPS) is 15.1. The Kier molecular flexibility index (Phi) is 11.8. The molecule has 0 saturated heterocycles. The van der Waals surface area contributed by atoms with Gasteiger partial charge in [0.1, 0.15) is 0 Å². The fraction of sp³-hybridized carbons (Fsp3) is 0.889. The Morgan fingerprint density at radius 2 is 1.32 bits per heavy atom. The molecule has 0 spiro atoms. The zero-order chi connectivity index (χ0) is 13.6. The van der Waals surface area contributed by atoms with Gasteiger partial charge in [0.15, 0.2) is 0 Å². The molecule has 0 amide bonds. The van der Waals surface area contributed by atoms with Crippen LogP contribution in [0.3, 0.4) is 0 Å². The number of hydrogen-bond donors (Lipinski definition) is 0. The average Bonchev–Trinajstić information content (AvgIpc) is 2.93. The SMILES string of the molecule is CCCCCCCCCCCCSC=C1CCCC1. The number of thioether (sulfide) groups is 1. The Labute approximate surface area is 125 Å². The largest absolute Gasteiger partial charge is 0.134 e. The molecule has 1 heteroatoms. The van der Waals surface area contributed by atoms with Crippen LogP contribution in [-0.2, 0) is 0 Å². The second-order valence-corrected chi connectivity index (χ2v) is 7.01. The van der Waals surface area contributed by atoms with Crippen molar-refractivity contribution in [2.45, 2.75) is 96.8 Å². The Morgan fingerprint density at radius 3 is 1.89 bits per heavy atom. The molecule has 1 aliphatic carbocycles. The standard InChI is InChI=1S/C18H34S/c1-2-3-4-5-6-7-8-9-10-13-16-19-17-18-14-11-12-15-18/h17H,2-16H2,1H3. The van der Waals surface area contributed by atoms with Crippen LogP contribution in [0.2, 0.25) is 0 Å². The van der Waals surface area contributed by atoms with Gasteiger partial charge in [0.2, 0.25) is 0 Å². The summed E-state index contributed by atoms with van der Waals surface area (Å²) in [6.07, 6.45) is 20.1. The summed E-state index contributed by atoms with van der Waals surface area (Å²) < 4.78 is 0. The summed E-state index contributed by atoms with van der Waals surface area (Å²) in [7, 11) is 0. The van der Waals surface area contributed by atoms with Crippen molar-refractivity contribution in [2.75, 3.05) is 5.75 Å². The highest BCUT2D eigenvalue weighted by Gasteiger charge is 2.05. The van der Waals surface area contributed by atoms with Gasteiger partial charge in [0.05, 0.1) is 0 Å². The first kappa shape index (κ1) is 17.1. The molecular weight excluding hydrogens is 248 g/mol. The minimum absolute atomic E-state index is 1.35. The number of rotatable bonds is 12. The van der Waals surface area contributed by atoms with Crippen LogP contribution in [0.5, 0.6) is 0 Å². The maximum Gasteiger partial charge on any atom is -0.00260 e. The zero-order valence-electron chi connectivity index (χ0n) is 13.1. The lowest BCUT2D eigenvalue weighted by Gasteiger charge is -2.02. The van der Waals surface area contributed by atoms with Gasteiger partial charge in [-0.25, -0.2) is 0 Å². The van der Waals surface area contributed by atoms with Gasteiger partial charge in [-0.05, 0) is 43.3 Å².